The molecule has 0 saturated heterocycles. The summed E-state index contributed by atoms with van der Waals surface area (Å²) >= 11 is 0. The number of benzene rings is 1. The highest BCUT2D eigenvalue weighted by Gasteiger charge is 2.24. The summed E-state index contributed by atoms with van der Waals surface area (Å²) in [6.07, 6.45) is 0. The van der Waals surface area contributed by atoms with Gasteiger partial charge in [-0.1, -0.05) is 0 Å². The van der Waals surface area contributed by atoms with E-state index in [2.05, 4.69) is 0 Å². The molecule has 1 rings (SSSR count). The van der Waals surface area contributed by atoms with E-state index in [0.717, 1.165) is 12.1 Å². The maximum Gasteiger partial charge on any atom is 0.186 e. The number of rotatable bonds is 7. The molecule has 0 saturated carbocycles. The van der Waals surface area contributed by atoms with Crippen LogP contribution in [0.2, 0.25) is 0 Å². The Labute approximate surface area is 110 Å². The van der Waals surface area contributed by atoms with Crippen molar-refractivity contribution in [1.29, 1.82) is 0 Å². The van der Waals surface area contributed by atoms with Crippen molar-refractivity contribution in [2.24, 2.45) is 0 Å². The zero-order valence-electron chi connectivity index (χ0n) is 10.4. The maximum absolute atomic E-state index is 13.5. The molecule has 0 radical (unpaired) electrons. The van der Waals surface area contributed by atoms with Gasteiger partial charge in [-0.25, -0.2) is 17.2 Å². The number of hydrogen-bond acceptors (Lipinski definition) is 5. The van der Waals surface area contributed by atoms with E-state index in [0.29, 0.717) is 6.61 Å². The molecule has 0 atom stereocenters. The molecule has 0 aliphatic carbocycles. The monoisotopic (exact) mass is 295 g/mol. The number of hydrogen-bond donors (Lipinski definition) is 1. The molecule has 0 bridgehead atoms. The molecule has 0 fully saturated rings. The molecule has 0 heterocycles. The molecule has 0 spiro atoms. The summed E-state index contributed by atoms with van der Waals surface area (Å²) in [6, 6.07) is 1.53. The van der Waals surface area contributed by atoms with Crippen molar-refractivity contribution in [3.8, 4) is 0 Å². The van der Waals surface area contributed by atoms with Crippen molar-refractivity contribution in [2.75, 3.05) is 38.4 Å². The van der Waals surface area contributed by atoms with Gasteiger partial charge < -0.3 is 15.2 Å². The highest BCUT2D eigenvalue weighted by molar-refractivity contribution is 7.91. The highest BCUT2D eigenvalue weighted by Crippen LogP contribution is 2.22. The van der Waals surface area contributed by atoms with Crippen LogP contribution in [0.3, 0.4) is 0 Å². The number of halogens is 2. The summed E-state index contributed by atoms with van der Waals surface area (Å²) in [6.45, 7) is 0.346. The molecule has 8 heteroatoms. The Balaban J connectivity index is 2.78. The molecular formula is C11H15F2NO4S. The van der Waals surface area contributed by atoms with Gasteiger partial charge in [0.2, 0.25) is 0 Å². The minimum absolute atomic E-state index is 0.172. The molecule has 2 N–H and O–H groups in total. The van der Waals surface area contributed by atoms with E-state index in [1.807, 2.05) is 0 Å². The summed E-state index contributed by atoms with van der Waals surface area (Å²) in [4.78, 5) is -0.975. The lowest BCUT2D eigenvalue weighted by molar-refractivity contribution is 0.0785. The Hall–Kier alpha value is -1.25. The van der Waals surface area contributed by atoms with Crippen LogP contribution in [-0.2, 0) is 19.3 Å². The Morgan fingerprint density at radius 3 is 2.26 bits per heavy atom. The molecule has 1 aromatic carbocycles. The number of nitrogens with two attached hydrogens (primary N) is 1. The Morgan fingerprint density at radius 2 is 1.74 bits per heavy atom. The Morgan fingerprint density at radius 1 is 1.16 bits per heavy atom. The van der Waals surface area contributed by atoms with Gasteiger partial charge in [0.25, 0.3) is 0 Å². The molecule has 0 amide bonds. The van der Waals surface area contributed by atoms with Crippen LogP contribution >= 0.6 is 0 Å². The molecule has 0 aromatic heterocycles. The zero-order valence-corrected chi connectivity index (χ0v) is 11.2. The molecule has 1 aromatic rings. The van der Waals surface area contributed by atoms with E-state index in [-0.39, 0.29) is 18.9 Å². The third-order valence-corrected chi connectivity index (χ3v) is 3.98. The third-order valence-electron chi connectivity index (χ3n) is 2.26. The van der Waals surface area contributed by atoms with E-state index in [1.54, 1.807) is 0 Å². The van der Waals surface area contributed by atoms with Gasteiger partial charge in [0, 0.05) is 12.8 Å². The van der Waals surface area contributed by atoms with E-state index >= 15 is 0 Å². The predicted molar refractivity (Wildman–Crippen MR) is 65.5 cm³/mol. The van der Waals surface area contributed by atoms with Crippen molar-refractivity contribution in [1.82, 2.24) is 0 Å². The molecule has 5 nitrogen and oxygen atoms in total. The standard InChI is InChI=1S/C11H15F2NO4S/c1-17-2-3-18-4-5-19(15,16)11-9(12)6-8(14)7-10(11)13/h6-7H,2-5,14H2,1H3. The van der Waals surface area contributed by atoms with E-state index in [4.69, 9.17) is 15.2 Å². The van der Waals surface area contributed by atoms with Crippen molar-refractivity contribution in [3.05, 3.63) is 23.8 Å². The smallest absolute Gasteiger partial charge is 0.186 e. The van der Waals surface area contributed by atoms with Gasteiger partial charge in [-0.3, -0.25) is 0 Å². The van der Waals surface area contributed by atoms with E-state index in [9.17, 15) is 17.2 Å². The molecule has 0 aliphatic rings. The Bertz CT molecular complexity index is 510. The van der Waals surface area contributed by atoms with Crippen LogP contribution in [0, 0.1) is 11.6 Å². The van der Waals surface area contributed by atoms with Gasteiger partial charge in [0.15, 0.2) is 9.84 Å². The molecule has 0 unspecified atom stereocenters. The molecule has 0 aliphatic heterocycles. The first-order valence-corrected chi connectivity index (χ1v) is 7.07. The van der Waals surface area contributed by atoms with E-state index in [1.165, 1.54) is 7.11 Å². The second-order valence-corrected chi connectivity index (χ2v) is 5.78. The quantitative estimate of drug-likeness (QED) is 0.599. The molecule has 108 valence electrons. The minimum atomic E-state index is -4.10. The Kier molecular flexibility index (Phi) is 5.64. The van der Waals surface area contributed by atoms with Gasteiger partial charge in [-0.05, 0) is 12.1 Å². The zero-order chi connectivity index (χ0) is 14.5. The number of sulfone groups is 1. The van der Waals surface area contributed by atoms with Crippen LogP contribution in [0.4, 0.5) is 14.5 Å². The van der Waals surface area contributed by atoms with Crippen LogP contribution in [-0.4, -0.2) is 41.1 Å². The summed E-state index contributed by atoms with van der Waals surface area (Å²) in [5, 5.41) is 0. The minimum Gasteiger partial charge on any atom is -0.399 e. The number of nitrogen functional groups attached to an aromatic ring is 1. The summed E-state index contributed by atoms with van der Waals surface area (Å²) in [7, 11) is -2.63. The van der Waals surface area contributed by atoms with Gasteiger partial charge in [-0.15, -0.1) is 0 Å². The topological polar surface area (TPSA) is 78.6 Å². The first kappa shape index (κ1) is 15.8. The third kappa shape index (κ3) is 4.41. The first-order valence-electron chi connectivity index (χ1n) is 5.42. The highest BCUT2D eigenvalue weighted by atomic mass is 32.2. The van der Waals surface area contributed by atoms with Crippen molar-refractivity contribution in [2.45, 2.75) is 4.90 Å². The average molecular weight is 295 g/mol. The fraction of sp³-hybridized carbons (Fsp3) is 0.455. The lowest BCUT2D eigenvalue weighted by atomic mass is 10.3. The van der Waals surface area contributed by atoms with Crippen LogP contribution in [0.25, 0.3) is 0 Å². The van der Waals surface area contributed by atoms with Crippen LogP contribution in [0.15, 0.2) is 17.0 Å². The summed E-state index contributed by atoms with van der Waals surface area (Å²) < 4.78 is 60.2. The molecule has 19 heavy (non-hydrogen) atoms. The van der Waals surface area contributed by atoms with Gasteiger partial charge in [-0.2, -0.15) is 0 Å². The second kappa shape index (κ2) is 6.78. The molecular weight excluding hydrogens is 280 g/mol. The summed E-state index contributed by atoms with van der Waals surface area (Å²) in [5.74, 6) is -2.92. The first-order chi connectivity index (χ1) is 8.88. The van der Waals surface area contributed by atoms with Crippen LogP contribution < -0.4 is 5.73 Å². The normalized spacial score (nSPS) is 11.7. The average Bonchev–Trinajstić information content (AvgIpc) is 2.26. The lowest BCUT2D eigenvalue weighted by Gasteiger charge is -2.08. The predicted octanol–water partition coefficient (Wildman–Crippen LogP) is 0.984. The van der Waals surface area contributed by atoms with Crippen LogP contribution in [0.1, 0.15) is 0 Å². The lowest BCUT2D eigenvalue weighted by Crippen LogP contribution is -2.17. The van der Waals surface area contributed by atoms with Crippen LogP contribution in [0.5, 0.6) is 0 Å². The van der Waals surface area contributed by atoms with Gasteiger partial charge >= 0.3 is 0 Å². The van der Waals surface area contributed by atoms with E-state index < -0.39 is 32.1 Å². The number of ether oxygens (including phenoxy) is 2. The second-order valence-electron chi connectivity index (χ2n) is 3.74. The number of anilines is 1. The van der Waals surface area contributed by atoms with Gasteiger partial charge in [0.05, 0.1) is 25.6 Å². The van der Waals surface area contributed by atoms with Crippen molar-refractivity contribution in [3.63, 3.8) is 0 Å². The van der Waals surface area contributed by atoms with Gasteiger partial charge in [0.1, 0.15) is 16.5 Å². The fourth-order valence-electron chi connectivity index (χ4n) is 1.39. The number of methoxy groups -OCH3 is 1. The fourth-order valence-corrected chi connectivity index (χ4v) is 2.65. The van der Waals surface area contributed by atoms with Crippen molar-refractivity contribution >= 4 is 15.5 Å². The maximum atomic E-state index is 13.5. The largest absolute Gasteiger partial charge is 0.399 e. The van der Waals surface area contributed by atoms with Crippen molar-refractivity contribution < 1.29 is 26.7 Å². The summed E-state index contributed by atoms with van der Waals surface area (Å²) in [5.41, 5.74) is 5.04. The SMILES string of the molecule is COCCOCCS(=O)(=O)c1c(F)cc(N)cc1F.